The minimum atomic E-state index is 0.823. The molecule has 0 saturated heterocycles. The van der Waals surface area contributed by atoms with E-state index in [0.717, 1.165) is 29.1 Å². The third-order valence-electron chi connectivity index (χ3n) is 4.04. The number of allylic oxidation sites excluding steroid dienone is 3. The van der Waals surface area contributed by atoms with Crippen molar-refractivity contribution < 1.29 is 0 Å². The Bertz CT molecular complexity index is 780. The number of hydrogen-bond donors (Lipinski definition) is 0. The molecule has 0 radical (unpaired) electrons. The quantitative estimate of drug-likeness (QED) is 0.807. The molecule has 4 nitrogen and oxygen atoms in total. The molecule has 2 aromatic rings. The van der Waals surface area contributed by atoms with Crippen LogP contribution in [-0.4, -0.2) is 28.6 Å². The highest BCUT2D eigenvalue weighted by Crippen LogP contribution is 2.39. The van der Waals surface area contributed by atoms with Gasteiger partial charge in [0.25, 0.3) is 0 Å². The van der Waals surface area contributed by atoms with E-state index in [2.05, 4.69) is 66.1 Å². The van der Waals surface area contributed by atoms with Crippen LogP contribution in [0.4, 0.5) is 5.69 Å². The first-order valence-electron chi connectivity index (χ1n) is 7.36. The largest absolute Gasteiger partial charge is 0.370 e. The molecule has 0 unspecified atom stereocenters. The molecular weight excluding hydrogens is 272 g/mol. The van der Waals surface area contributed by atoms with E-state index < -0.39 is 0 Å². The van der Waals surface area contributed by atoms with Crippen molar-refractivity contribution in [3.8, 4) is 11.3 Å². The van der Waals surface area contributed by atoms with Crippen molar-refractivity contribution in [2.24, 2.45) is 7.05 Å². The van der Waals surface area contributed by atoms with Gasteiger partial charge in [0.15, 0.2) is 0 Å². The molecule has 1 aromatic heterocycles. The zero-order valence-corrected chi connectivity index (χ0v) is 13.2. The number of likely N-dealkylation sites (N-methyl/N-ethyl adjacent to an activating group) is 1. The number of rotatable bonds is 1. The zero-order valence-electron chi connectivity index (χ0n) is 13.2. The van der Waals surface area contributed by atoms with Gasteiger partial charge in [-0.1, -0.05) is 48.2 Å². The van der Waals surface area contributed by atoms with Crippen molar-refractivity contribution in [2.75, 3.05) is 18.5 Å². The van der Waals surface area contributed by atoms with Crippen molar-refractivity contribution in [2.45, 2.75) is 6.92 Å². The van der Waals surface area contributed by atoms with Gasteiger partial charge < -0.3 is 4.90 Å². The number of hydrogen-bond acceptors (Lipinski definition) is 3. The maximum Gasteiger partial charge on any atom is 0.121 e. The Balaban J connectivity index is 2.38. The molecule has 2 heterocycles. The van der Waals surface area contributed by atoms with Crippen LogP contribution in [0.1, 0.15) is 12.6 Å². The van der Waals surface area contributed by atoms with Gasteiger partial charge in [0.05, 0.1) is 5.69 Å². The van der Waals surface area contributed by atoms with Gasteiger partial charge in [-0.2, -0.15) is 0 Å². The fourth-order valence-electron chi connectivity index (χ4n) is 2.98. The number of para-hydroxylation sites is 1. The standard InChI is InChI=1S/C18H20N4/c1-5-9-14-13(6-2)12-21(3)16-11-8-7-10-15(16)18-17(14)19-20-22(18)4/h5-11H,1,12H2,2-4H3/b13-6-,14-9+. The summed E-state index contributed by atoms with van der Waals surface area (Å²) in [6.45, 7) is 6.73. The number of aromatic nitrogens is 3. The third-order valence-corrected chi connectivity index (χ3v) is 4.04. The van der Waals surface area contributed by atoms with E-state index in [1.54, 1.807) is 0 Å². The van der Waals surface area contributed by atoms with Crippen molar-refractivity contribution >= 4 is 11.3 Å². The summed E-state index contributed by atoms with van der Waals surface area (Å²) in [5.41, 5.74) is 6.59. The Morgan fingerprint density at radius 3 is 2.73 bits per heavy atom. The van der Waals surface area contributed by atoms with E-state index in [1.807, 2.05) is 23.9 Å². The molecular formula is C18H20N4. The van der Waals surface area contributed by atoms with Crippen molar-refractivity contribution in [1.29, 1.82) is 0 Å². The molecule has 0 N–H and O–H groups in total. The van der Waals surface area contributed by atoms with Crippen LogP contribution in [0, 0.1) is 0 Å². The van der Waals surface area contributed by atoms with Crippen LogP contribution >= 0.6 is 0 Å². The summed E-state index contributed by atoms with van der Waals surface area (Å²) < 4.78 is 1.84. The van der Waals surface area contributed by atoms with Crippen LogP contribution in [0.2, 0.25) is 0 Å². The average Bonchev–Trinajstić information content (AvgIpc) is 2.90. The minimum absolute atomic E-state index is 0.823. The molecule has 0 spiro atoms. The lowest BCUT2D eigenvalue weighted by atomic mass is 9.94. The maximum absolute atomic E-state index is 4.42. The molecule has 4 heteroatoms. The molecule has 3 rings (SSSR count). The highest BCUT2D eigenvalue weighted by atomic mass is 15.4. The van der Waals surface area contributed by atoms with E-state index in [0.29, 0.717) is 0 Å². The first kappa shape index (κ1) is 14.3. The van der Waals surface area contributed by atoms with E-state index >= 15 is 0 Å². The second kappa shape index (κ2) is 5.64. The molecule has 1 aliphatic heterocycles. The van der Waals surface area contributed by atoms with Gasteiger partial charge in [0.1, 0.15) is 5.69 Å². The molecule has 1 aromatic carbocycles. The highest BCUT2D eigenvalue weighted by molar-refractivity contribution is 5.91. The second-order valence-corrected chi connectivity index (χ2v) is 5.41. The summed E-state index contributed by atoms with van der Waals surface area (Å²) in [4.78, 5) is 2.26. The van der Waals surface area contributed by atoms with Gasteiger partial charge in [0.2, 0.25) is 0 Å². The minimum Gasteiger partial charge on any atom is -0.370 e. The Hall–Kier alpha value is -2.62. The van der Waals surface area contributed by atoms with Gasteiger partial charge in [-0.05, 0) is 18.6 Å². The molecule has 0 aliphatic carbocycles. The smallest absolute Gasteiger partial charge is 0.121 e. The summed E-state index contributed by atoms with van der Waals surface area (Å²) in [5, 5.41) is 8.67. The average molecular weight is 292 g/mol. The summed E-state index contributed by atoms with van der Waals surface area (Å²) in [6, 6.07) is 8.39. The number of fused-ring (bicyclic) bond motifs is 3. The Labute approximate surface area is 131 Å². The highest BCUT2D eigenvalue weighted by Gasteiger charge is 2.25. The zero-order chi connectivity index (χ0) is 15.7. The number of nitrogens with zero attached hydrogens (tertiary/aromatic N) is 4. The summed E-state index contributed by atoms with van der Waals surface area (Å²) >= 11 is 0. The number of anilines is 1. The predicted molar refractivity (Wildman–Crippen MR) is 91.6 cm³/mol. The van der Waals surface area contributed by atoms with E-state index in [4.69, 9.17) is 0 Å². The van der Waals surface area contributed by atoms with E-state index in [1.165, 1.54) is 11.3 Å². The topological polar surface area (TPSA) is 34.0 Å². The summed E-state index contributed by atoms with van der Waals surface area (Å²) in [5.74, 6) is 0. The predicted octanol–water partition coefficient (Wildman–Crippen LogP) is 3.45. The fourth-order valence-corrected chi connectivity index (χ4v) is 2.98. The molecule has 0 atom stereocenters. The SMILES string of the molecule is C=C/C=C1\C(=C/C)CN(C)c2ccccc2-c2c1nnn2C. The second-order valence-electron chi connectivity index (χ2n) is 5.41. The molecule has 112 valence electrons. The van der Waals surface area contributed by atoms with Crippen LogP contribution in [0.15, 0.2) is 54.6 Å². The van der Waals surface area contributed by atoms with E-state index in [-0.39, 0.29) is 0 Å². The normalized spacial score (nSPS) is 17.9. The van der Waals surface area contributed by atoms with Crippen LogP contribution in [0.3, 0.4) is 0 Å². The summed E-state index contributed by atoms with van der Waals surface area (Å²) in [6.07, 6.45) is 5.97. The van der Waals surface area contributed by atoms with Crippen LogP contribution in [0.25, 0.3) is 16.8 Å². The third kappa shape index (κ3) is 2.17. The number of benzene rings is 1. The Morgan fingerprint density at radius 1 is 1.23 bits per heavy atom. The van der Waals surface area contributed by atoms with Crippen molar-refractivity contribution in [3.63, 3.8) is 0 Å². The van der Waals surface area contributed by atoms with Gasteiger partial charge in [-0.25, -0.2) is 4.68 Å². The molecule has 0 fully saturated rings. The molecule has 22 heavy (non-hydrogen) atoms. The van der Waals surface area contributed by atoms with Crippen LogP contribution in [0.5, 0.6) is 0 Å². The molecule has 0 saturated carbocycles. The van der Waals surface area contributed by atoms with Gasteiger partial charge >= 0.3 is 0 Å². The summed E-state index contributed by atoms with van der Waals surface area (Å²) in [7, 11) is 4.05. The van der Waals surface area contributed by atoms with Crippen LogP contribution in [-0.2, 0) is 7.05 Å². The van der Waals surface area contributed by atoms with Gasteiger partial charge in [-0.3, -0.25) is 0 Å². The molecule has 0 amide bonds. The lowest BCUT2D eigenvalue weighted by Crippen LogP contribution is -2.23. The van der Waals surface area contributed by atoms with Gasteiger partial charge in [-0.15, -0.1) is 5.10 Å². The molecule has 0 bridgehead atoms. The van der Waals surface area contributed by atoms with Crippen molar-refractivity contribution in [1.82, 2.24) is 15.0 Å². The van der Waals surface area contributed by atoms with Gasteiger partial charge in [0, 0.05) is 37.5 Å². The van der Waals surface area contributed by atoms with Crippen LogP contribution < -0.4 is 4.90 Å². The first-order chi connectivity index (χ1) is 10.7. The fraction of sp³-hybridized carbons (Fsp3) is 0.222. The Kier molecular flexibility index (Phi) is 3.67. The van der Waals surface area contributed by atoms with Crippen molar-refractivity contribution in [3.05, 3.63) is 60.3 Å². The Morgan fingerprint density at radius 2 is 2.00 bits per heavy atom. The van der Waals surface area contributed by atoms with E-state index in [9.17, 15) is 0 Å². The molecule has 1 aliphatic rings. The number of aryl methyl sites for hydroxylation is 1. The maximum atomic E-state index is 4.42. The monoisotopic (exact) mass is 292 g/mol. The first-order valence-corrected chi connectivity index (χ1v) is 7.36. The lowest BCUT2D eigenvalue weighted by molar-refractivity contribution is 0.720. The lowest BCUT2D eigenvalue weighted by Gasteiger charge is -2.27.